The highest BCUT2D eigenvalue weighted by molar-refractivity contribution is 5.75. The molecule has 2 aliphatic carbocycles. The predicted octanol–water partition coefficient (Wildman–Crippen LogP) is 1.14. The van der Waals surface area contributed by atoms with Gasteiger partial charge in [0.25, 0.3) is 0 Å². The minimum absolute atomic E-state index is 0.00991. The van der Waals surface area contributed by atoms with Gasteiger partial charge in [0.1, 0.15) is 0 Å². The molecule has 0 bridgehead atoms. The zero-order valence-corrected chi connectivity index (χ0v) is 11.5. The summed E-state index contributed by atoms with van der Waals surface area (Å²) in [5.41, 5.74) is 0. The predicted molar refractivity (Wildman–Crippen MR) is 67.1 cm³/mol. The summed E-state index contributed by atoms with van der Waals surface area (Å²) in [5.74, 6) is -1.14. The van der Waals surface area contributed by atoms with Crippen molar-refractivity contribution in [1.29, 1.82) is 0 Å². The molecular formula is C14H22O5. The number of methoxy groups -OCH3 is 2. The fourth-order valence-corrected chi connectivity index (χ4v) is 3.84. The summed E-state index contributed by atoms with van der Waals surface area (Å²) < 4.78 is 9.65. The van der Waals surface area contributed by atoms with Gasteiger partial charge in [0.15, 0.2) is 0 Å². The Balaban J connectivity index is 2.22. The van der Waals surface area contributed by atoms with Gasteiger partial charge in [-0.2, -0.15) is 0 Å². The summed E-state index contributed by atoms with van der Waals surface area (Å²) in [7, 11) is 2.73. The number of carbonyl (C=O) groups is 2. The van der Waals surface area contributed by atoms with Crippen LogP contribution >= 0.6 is 0 Å². The van der Waals surface area contributed by atoms with Crippen molar-refractivity contribution >= 4 is 11.9 Å². The Labute approximate surface area is 113 Å². The van der Waals surface area contributed by atoms with Crippen molar-refractivity contribution in [2.75, 3.05) is 14.2 Å². The van der Waals surface area contributed by atoms with E-state index in [-0.39, 0.29) is 29.7 Å². The first kappa shape index (κ1) is 14.3. The van der Waals surface area contributed by atoms with E-state index in [2.05, 4.69) is 0 Å². The summed E-state index contributed by atoms with van der Waals surface area (Å²) in [5, 5.41) is 10.4. The molecule has 5 atom stereocenters. The van der Waals surface area contributed by atoms with Crippen LogP contribution in [0.4, 0.5) is 0 Å². The van der Waals surface area contributed by atoms with Gasteiger partial charge < -0.3 is 14.6 Å². The van der Waals surface area contributed by atoms with Crippen LogP contribution in [-0.2, 0) is 19.1 Å². The Bertz CT molecular complexity index is 354. The van der Waals surface area contributed by atoms with Gasteiger partial charge in [0.2, 0.25) is 0 Å². The molecule has 0 aromatic rings. The number of esters is 2. The first-order chi connectivity index (χ1) is 9.10. The first-order valence-corrected chi connectivity index (χ1v) is 6.93. The SMILES string of the molecule is COC(=O)C1CCC(C(=O)OC)C2CCCC2C1O. The third-order valence-electron chi connectivity index (χ3n) is 4.79. The maximum absolute atomic E-state index is 11.9. The number of carbonyl (C=O) groups excluding carboxylic acids is 2. The van der Waals surface area contributed by atoms with Crippen LogP contribution in [-0.4, -0.2) is 37.4 Å². The number of aliphatic hydroxyl groups is 1. The van der Waals surface area contributed by atoms with Crippen LogP contribution in [0.5, 0.6) is 0 Å². The van der Waals surface area contributed by atoms with Gasteiger partial charge >= 0.3 is 11.9 Å². The van der Waals surface area contributed by atoms with Crippen molar-refractivity contribution in [2.24, 2.45) is 23.7 Å². The van der Waals surface area contributed by atoms with Crippen molar-refractivity contribution in [2.45, 2.75) is 38.2 Å². The molecule has 5 heteroatoms. The summed E-state index contributed by atoms with van der Waals surface area (Å²) >= 11 is 0. The minimum atomic E-state index is -0.699. The number of fused-ring (bicyclic) bond motifs is 1. The molecule has 0 saturated heterocycles. The van der Waals surface area contributed by atoms with E-state index in [0.29, 0.717) is 12.8 Å². The average molecular weight is 270 g/mol. The second-order valence-corrected chi connectivity index (χ2v) is 5.59. The summed E-state index contributed by atoms with van der Waals surface area (Å²) in [6, 6.07) is 0. The number of aliphatic hydroxyl groups excluding tert-OH is 1. The molecule has 0 heterocycles. The molecule has 0 aliphatic heterocycles. The van der Waals surface area contributed by atoms with Gasteiger partial charge in [0, 0.05) is 0 Å². The topological polar surface area (TPSA) is 72.8 Å². The lowest BCUT2D eigenvalue weighted by Crippen LogP contribution is -2.36. The van der Waals surface area contributed by atoms with E-state index in [4.69, 9.17) is 9.47 Å². The highest BCUT2D eigenvalue weighted by atomic mass is 16.5. The van der Waals surface area contributed by atoms with Crippen LogP contribution in [0.25, 0.3) is 0 Å². The Morgan fingerprint density at radius 1 is 0.895 bits per heavy atom. The standard InChI is InChI=1S/C14H22O5/c1-18-13(16)10-6-7-11(14(17)19-2)12(15)9-5-3-4-8(9)10/h8-12,15H,3-7H2,1-2H3. The van der Waals surface area contributed by atoms with Crippen molar-refractivity contribution in [3.8, 4) is 0 Å². The highest BCUT2D eigenvalue weighted by Crippen LogP contribution is 2.46. The minimum Gasteiger partial charge on any atom is -0.469 e. The van der Waals surface area contributed by atoms with Crippen molar-refractivity contribution in [3.63, 3.8) is 0 Å². The average Bonchev–Trinajstić information content (AvgIpc) is 2.85. The largest absolute Gasteiger partial charge is 0.469 e. The maximum atomic E-state index is 11.9. The molecule has 0 spiro atoms. The van der Waals surface area contributed by atoms with Crippen molar-refractivity contribution in [3.05, 3.63) is 0 Å². The van der Waals surface area contributed by atoms with E-state index in [9.17, 15) is 14.7 Å². The monoisotopic (exact) mass is 270 g/mol. The van der Waals surface area contributed by atoms with Crippen LogP contribution in [0.1, 0.15) is 32.1 Å². The van der Waals surface area contributed by atoms with Gasteiger partial charge in [0.05, 0.1) is 32.2 Å². The second kappa shape index (κ2) is 5.90. The highest BCUT2D eigenvalue weighted by Gasteiger charge is 2.48. The summed E-state index contributed by atoms with van der Waals surface area (Å²) in [4.78, 5) is 23.7. The molecule has 2 saturated carbocycles. The summed E-state index contributed by atoms with van der Waals surface area (Å²) in [6.07, 6.45) is 3.16. The molecule has 0 aromatic carbocycles. The third kappa shape index (κ3) is 2.61. The Morgan fingerprint density at radius 2 is 1.42 bits per heavy atom. The lowest BCUT2D eigenvalue weighted by Gasteiger charge is -2.27. The molecular weight excluding hydrogens is 248 g/mol. The maximum Gasteiger partial charge on any atom is 0.311 e. The number of hydrogen-bond donors (Lipinski definition) is 1. The molecule has 5 nitrogen and oxygen atoms in total. The van der Waals surface area contributed by atoms with E-state index in [1.54, 1.807) is 0 Å². The van der Waals surface area contributed by atoms with Crippen LogP contribution in [0.15, 0.2) is 0 Å². The van der Waals surface area contributed by atoms with E-state index in [1.807, 2.05) is 0 Å². The Morgan fingerprint density at radius 3 is 2.05 bits per heavy atom. The molecule has 1 N–H and O–H groups in total. The fraction of sp³-hybridized carbons (Fsp3) is 0.857. The molecule has 0 radical (unpaired) electrons. The quantitative estimate of drug-likeness (QED) is 0.762. The lowest BCUT2D eigenvalue weighted by atomic mass is 9.81. The second-order valence-electron chi connectivity index (χ2n) is 5.59. The van der Waals surface area contributed by atoms with Gasteiger partial charge in [-0.25, -0.2) is 0 Å². The van der Waals surface area contributed by atoms with E-state index >= 15 is 0 Å². The smallest absolute Gasteiger partial charge is 0.311 e. The van der Waals surface area contributed by atoms with Crippen molar-refractivity contribution in [1.82, 2.24) is 0 Å². The van der Waals surface area contributed by atoms with Crippen LogP contribution in [0, 0.1) is 23.7 Å². The van der Waals surface area contributed by atoms with Crippen LogP contribution in [0.2, 0.25) is 0 Å². The van der Waals surface area contributed by atoms with E-state index < -0.39 is 12.0 Å². The molecule has 0 aromatic heterocycles. The van der Waals surface area contributed by atoms with E-state index in [1.165, 1.54) is 14.2 Å². The number of hydrogen-bond acceptors (Lipinski definition) is 5. The van der Waals surface area contributed by atoms with Gasteiger partial charge in [-0.1, -0.05) is 6.42 Å². The van der Waals surface area contributed by atoms with Gasteiger partial charge in [-0.3, -0.25) is 9.59 Å². The number of ether oxygens (including phenoxy) is 2. The Kier molecular flexibility index (Phi) is 4.45. The zero-order valence-electron chi connectivity index (χ0n) is 11.5. The molecule has 2 rings (SSSR count). The fourth-order valence-electron chi connectivity index (χ4n) is 3.84. The molecule has 5 unspecified atom stereocenters. The van der Waals surface area contributed by atoms with Gasteiger partial charge in [-0.15, -0.1) is 0 Å². The van der Waals surface area contributed by atoms with Crippen molar-refractivity contribution < 1.29 is 24.2 Å². The molecule has 0 amide bonds. The first-order valence-electron chi connectivity index (χ1n) is 6.93. The molecule has 19 heavy (non-hydrogen) atoms. The molecule has 2 fully saturated rings. The summed E-state index contributed by atoms with van der Waals surface area (Å²) in [6.45, 7) is 0. The van der Waals surface area contributed by atoms with Crippen LogP contribution in [0.3, 0.4) is 0 Å². The van der Waals surface area contributed by atoms with E-state index in [0.717, 1.165) is 19.3 Å². The normalized spacial score (nSPS) is 38.2. The van der Waals surface area contributed by atoms with Gasteiger partial charge in [-0.05, 0) is 37.5 Å². The lowest BCUT2D eigenvalue weighted by molar-refractivity contribution is -0.151. The molecule has 2 aliphatic rings. The Hall–Kier alpha value is -1.10. The number of rotatable bonds is 2. The third-order valence-corrected chi connectivity index (χ3v) is 4.79. The zero-order chi connectivity index (χ0) is 14.0. The molecule has 108 valence electrons. The van der Waals surface area contributed by atoms with Crippen LogP contribution < -0.4 is 0 Å².